The van der Waals surface area contributed by atoms with Gasteiger partial charge in [-0.3, -0.25) is 4.79 Å². The van der Waals surface area contributed by atoms with Crippen LogP contribution in [0.4, 0.5) is 5.69 Å². The Morgan fingerprint density at radius 1 is 1.14 bits per heavy atom. The molecule has 1 aliphatic heterocycles. The number of amides is 1. The van der Waals surface area contributed by atoms with E-state index in [2.05, 4.69) is 5.32 Å². The molecule has 0 bridgehead atoms. The Hall–Kier alpha value is -1.93. The van der Waals surface area contributed by atoms with Crippen molar-refractivity contribution < 1.29 is 17.9 Å². The van der Waals surface area contributed by atoms with E-state index in [4.69, 9.17) is 16.3 Å². The second kappa shape index (κ2) is 8.83. The number of anilines is 1. The van der Waals surface area contributed by atoms with E-state index < -0.39 is 15.4 Å². The summed E-state index contributed by atoms with van der Waals surface area (Å²) in [4.78, 5) is 13.0. The molecule has 1 saturated heterocycles. The van der Waals surface area contributed by atoms with Crippen LogP contribution in [0.1, 0.15) is 19.4 Å². The van der Waals surface area contributed by atoms with Crippen molar-refractivity contribution in [3.05, 3.63) is 59.1 Å². The third kappa shape index (κ3) is 5.17. The van der Waals surface area contributed by atoms with Crippen molar-refractivity contribution in [2.24, 2.45) is 5.41 Å². The van der Waals surface area contributed by atoms with Crippen molar-refractivity contribution in [2.75, 3.05) is 31.6 Å². The van der Waals surface area contributed by atoms with Gasteiger partial charge in [0.05, 0.1) is 28.8 Å². The molecule has 0 atom stereocenters. The summed E-state index contributed by atoms with van der Waals surface area (Å²) in [6.07, 6.45) is 0.545. The van der Waals surface area contributed by atoms with Crippen LogP contribution in [0, 0.1) is 5.41 Å². The lowest BCUT2D eigenvalue weighted by Gasteiger charge is -2.27. The zero-order valence-corrected chi connectivity index (χ0v) is 18.1. The lowest BCUT2D eigenvalue weighted by molar-refractivity contribution is -0.123. The Morgan fingerprint density at radius 3 is 2.45 bits per heavy atom. The Labute approximate surface area is 176 Å². The van der Waals surface area contributed by atoms with Gasteiger partial charge < -0.3 is 10.1 Å². The van der Waals surface area contributed by atoms with Gasteiger partial charge in [0.25, 0.3) is 0 Å². The standard InChI is InChI=1S/C21H25ClN2O4S/c1-21(2,15-16-6-4-3-5-7-16)20(25)23-19-14-17(8-9-18(19)22)29(26,27)24-10-12-28-13-11-24/h3-9,14H,10-13,15H2,1-2H3,(H,23,25). The SMILES string of the molecule is CC(C)(Cc1ccccc1)C(=O)Nc1cc(S(=O)(=O)N2CCOCC2)ccc1Cl. The van der Waals surface area contributed by atoms with Gasteiger partial charge >= 0.3 is 0 Å². The molecule has 1 aliphatic rings. The quantitative estimate of drug-likeness (QED) is 0.751. The van der Waals surface area contributed by atoms with Crippen molar-refractivity contribution in [3.8, 4) is 0 Å². The second-order valence-corrected chi connectivity index (χ2v) is 10.0. The predicted molar refractivity (Wildman–Crippen MR) is 114 cm³/mol. The highest BCUT2D eigenvalue weighted by Gasteiger charge is 2.30. The highest BCUT2D eigenvalue weighted by Crippen LogP contribution is 2.30. The first-order valence-corrected chi connectivity index (χ1v) is 11.2. The summed E-state index contributed by atoms with van der Waals surface area (Å²) < 4.78 is 32.4. The van der Waals surface area contributed by atoms with Crippen molar-refractivity contribution in [1.29, 1.82) is 0 Å². The molecule has 29 heavy (non-hydrogen) atoms. The van der Waals surface area contributed by atoms with Crippen LogP contribution >= 0.6 is 11.6 Å². The molecule has 8 heteroatoms. The van der Waals surface area contributed by atoms with Gasteiger partial charge in [-0.05, 0) is 30.2 Å². The van der Waals surface area contributed by atoms with Gasteiger partial charge in [0.2, 0.25) is 15.9 Å². The maximum atomic E-state index is 12.9. The fraction of sp³-hybridized carbons (Fsp3) is 0.381. The average Bonchev–Trinajstić information content (AvgIpc) is 2.70. The van der Waals surface area contributed by atoms with Crippen LogP contribution in [0.2, 0.25) is 5.02 Å². The molecule has 0 radical (unpaired) electrons. The summed E-state index contributed by atoms with van der Waals surface area (Å²) in [6, 6.07) is 14.1. The molecule has 156 valence electrons. The predicted octanol–water partition coefficient (Wildman–Crippen LogP) is 3.57. The lowest BCUT2D eigenvalue weighted by Crippen LogP contribution is -2.40. The first-order valence-electron chi connectivity index (χ1n) is 9.43. The highest BCUT2D eigenvalue weighted by molar-refractivity contribution is 7.89. The molecule has 3 rings (SSSR count). The first kappa shape index (κ1) is 21.8. The third-order valence-corrected chi connectivity index (χ3v) is 7.12. The minimum absolute atomic E-state index is 0.0972. The molecule has 2 aromatic rings. The zero-order chi connectivity index (χ0) is 21.1. The summed E-state index contributed by atoms with van der Waals surface area (Å²) in [6.45, 7) is 5.02. The van der Waals surface area contributed by atoms with Crippen LogP contribution in [-0.4, -0.2) is 44.9 Å². The third-order valence-electron chi connectivity index (χ3n) is 4.90. The van der Waals surface area contributed by atoms with Gasteiger partial charge in [-0.1, -0.05) is 55.8 Å². The maximum Gasteiger partial charge on any atom is 0.243 e. The number of carbonyl (C=O) groups is 1. The number of benzene rings is 2. The number of morpholine rings is 1. The number of nitrogens with zero attached hydrogens (tertiary/aromatic N) is 1. The van der Waals surface area contributed by atoms with Crippen LogP contribution in [0.25, 0.3) is 0 Å². The number of halogens is 1. The number of hydrogen-bond donors (Lipinski definition) is 1. The molecule has 1 fully saturated rings. The van der Waals surface area contributed by atoms with Crippen LogP contribution in [0.3, 0.4) is 0 Å². The Balaban J connectivity index is 1.80. The van der Waals surface area contributed by atoms with E-state index in [-0.39, 0.29) is 21.5 Å². The molecule has 0 saturated carbocycles. The van der Waals surface area contributed by atoms with Crippen molar-refractivity contribution in [2.45, 2.75) is 25.2 Å². The molecular weight excluding hydrogens is 412 g/mol. The molecule has 0 aromatic heterocycles. The van der Waals surface area contributed by atoms with E-state index >= 15 is 0 Å². The topological polar surface area (TPSA) is 75.7 Å². The summed E-state index contributed by atoms with van der Waals surface area (Å²) in [5.41, 5.74) is 0.624. The smallest absolute Gasteiger partial charge is 0.243 e. The second-order valence-electron chi connectivity index (χ2n) is 7.66. The fourth-order valence-corrected chi connectivity index (χ4v) is 4.77. The fourth-order valence-electron chi connectivity index (χ4n) is 3.17. The summed E-state index contributed by atoms with van der Waals surface area (Å²) in [7, 11) is -3.68. The molecule has 0 aliphatic carbocycles. The first-order chi connectivity index (χ1) is 13.7. The summed E-state index contributed by atoms with van der Waals surface area (Å²) >= 11 is 6.24. The van der Waals surface area contributed by atoms with Gasteiger partial charge in [-0.2, -0.15) is 4.31 Å². The van der Waals surface area contributed by atoms with E-state index in [0.717, 1.165) is 5.56 Å². The van der Waals surface area contributed by atoms with Crippen molar-refractivity contribution in [1.82, 2.24) is 4.31 Å². The highest BCUT2D eigenvalue weighted by atomic mass is 35.5. The normalized spacial score (nSPS) is 15.8. The maximum absolute atomic E-state index is 12.9. The van der Waals surface area contributed by atoms with Gasteiger partial charge in [-0.15, -0.1) is 0 Å². The van der Waals surface area contributed by atoms with E-state index in [9.17, 15) is 13.2 Å². The summed E-state index contributed by atoms with van der Waals surface area (Å²) in [5, 5.41) is 3.09. The van der Waals surface area contributed by atoms with Gasteiger partial charge in [0.15, 0.2) is 0 Å². The van der Waals surface area contributed by atoms with Crippen molar-refractivity contribution in [3.63, 3.8) is 0 Å². The number of rotatable bonds is 6. The minimum atomic E-state index is -3.68. The van der Waals surface area contributed by atoms with E-state index in [1.807, 2.05) is 44.2 Å². The Kier molecular flexibility index (Phi) is 6.63. The molecule has 1 heterocycles. The summed E-state index contributed by atoms with van der Waals surface area (Å²) in [5.74, 6) is -0.232. The van der Waals surface area contributed by atoms with Crippen LogP contribution in [0.15, 0.2) is 53.4 Å². The Bertz CT molecular complexity index is 971. The number of carbonyl (C=O) groups excluding carboxylic acids is 1. The van der Waals surface area contributed by atoms with Crippen molar-refractivity contribution >= 4 is 33.2 Å². The van der Waals surface area contributed by atoms with Gasteiger partial charge in [-0.25, -0.2) is 8.42 Å². The molecule has 0 spiro atoms. The van der Waals surface area contributed by atoms with Crippen LogP contribution < -0.4 is 5.32 Å². The van der Waals surface area contributed by atoms with E-state index in [1.54, 1.807) is 0 Å². The molecule has 1 N–H and O–H groups in total. The number of ether oxygens (including phenoxy) is 1. The van der Waals surface area contributed by atoms with Gasteiger partial charge in [0, 0.05) is 18.5 Å². The number of sulfonamides is 1. The molecule has 0 unspecified atom stereocenters. The number of hydrogen-bond acceptors (Lipinski definition) is 4. The molecule has 1 amide bonds. The Morgan fingerprint density at radius 2 is 1.79 bits per heavy atom. The zero-order valence-electron chi connectivity index (χ0n) is 16.5. The number of nitrogens with one attached hydrogen (secondary N) is 1. The minimum Gasteiger partial charge on any atom is -0.379 e. The molecule has 6 nitrogen and oxygen atoms in total. The van der Waals surface area contributed by atoms with E-state index in [1.165, 1.54) is 22.5 Å². The molecule has 2 aromatic carbocycles. The van der Waals surface area contributed by atoms with Gasteiger partial charge in [0.1, 0.15) is 0 Å². The molecular formula is C21H25ClN2O4S. The van der Waals surface area contributed by atoms with Crippen LogP contribution in [0.5, 0.6) is 0 Å². The lowest BCUT2D eigenvalue weighted by atomic mass is 9.84. The monoisotopic (exact) mass is 436 g/mol. The average molecular weight is 437 g/mol. The van der Waals surface area contributed by atoms with E-state index in [0.29, 0.717) is 32.7 Å². The largest absolute Gasteiger partial charge is 0.379 e. The van der Waals surface area contributed by atoms with Crippen LogP contribution in [-0.2, 0) is 26.0 Å².